The maximum Gasteiger partial charge on any atom is 0.340 e. The van der Waals surface area contributed by atoms with E-state index in [0.29, 0.717) is 17.1 Å². The first-order chi connectivity index (χ1) is 16.0. The number of carbonyl (C=O) groups is 1. The van der Waals surface area contributed by atoms with E-state index >= 15 is 0 Å². The number of aromatic amines is 2. The fraction of sp³-hybridized carbons (Fsp3) is 0.0400. The molecule has 8 heteroatoms. The lowest BCUT2D eigenvalue weighted by atomic mass is 9.97. The second kappa shape index (κ2) is 8.48. The van der Waals surface area contributed by atoms with Crippen LogP contribution in [0.25, 0.3) is 33.5 Å². The van der Waals surface area contributed by atoms with Gasteiger partial charge in [0.05, 0.1) is 16.8 Å². The number of carbonyl (C=O) groups excluding carboxylic acids is 1. The zero-order valence-electron chi connectivity index (χ0n) is 17.5. The Balaban J connectivity index is 1.55. The van der Waals surface area contributed by atoms with Crippen LogP contribution in [0.2, 0.25) is 0 Å². The number of fused-ring (bicyclic) bond motifs is 1. The molecular formula is C25H18BrN5O2. The van der Waals surface area contributed by atoms with Crippen molar-refractivity contribution in [2.45, 2.75) is 6.92 Å². The van der Waals surface area contributed by atoms with E-state index in [9.17, 15) is 9.59 Å². The molecule has 0 spiro atoms. The van der Waals surface area contributed by atoms with Crippen LogP contribution in [0, 0.1) is 6.92 Å². The Morgan fingerprint density at radius 3 is 2.42 bits per heavy atom. The predicted molar refractivity (Wildman–Crippen MR) is 132 cm³/mol. The van der Waals surface area contributed by atoms with Crippen LogP contribution in [-0.4, -0.2) is 26.1 Å². The number of hydrogen-bond donors (Lipinski definition) is 3. The second-order valence-electron chi connectivity index (χ2n) is 7.55. The van der Waals surface area contributed by atoms with Crippen LogP contribution in [-0.2, 0) is 0 Å². The van der Waals surface area contributed by atoms with Gasteiger partial charge in [-0.25, -0.2) is 14.9 Å². The molecule has 0 saturated heterocycles. The molecule has 1 amide bonds. The number of amides is 1. The molecule has 3 aromatic carbocycles. The normalized spacial score (nSPS) is 11.0. The van der Waals surface area contributed by atoms with Gasteiger partial charge < -0.3 is 5.32 Å². The number of halogens is 1. The van der Waals surface area contributed by atoms with Crippen molar-refractivity contribution in [1.82, 2.24) is 20.2 Å². The minimum Gasteiger partial charge on any atom is -0.322 e. The van der Waals surface area contributed by atoms with E-state index in [1.165, 1.54) is 0 Å². The summed E-state index contributed by atoms with van der Waals surface area (Å²) in [4.78, 5) is 32.2. The maximum absolute atomic E-state index is 13.5. The highest BCUT2D eigenvalue weighted by molar-refractivity contribution is 9.10. The van der Waals surface area contributed by atoms with Crippen molar-refractivity contribution in [2.75, 3.05) is 5.32 Å². The standard InChI is InChI=1S/C25H18BrN5O2/c1-14-21(24(32)27-18-10-7-16(8-11-18)23-29-25(33)31-30-23)19-13-17(26)9-12-20(19)28-22(14)15-5-3-2-4-6-15/h2-13H,1H3,(H,27,32)(H2,29,30,31,33). The smallest absolute Gasteiger partial charge is 0.322 e. The van der Waals surface area contributed by atoms with Gasteiger partial charge in [0.1, 0.15) is 0 Å². The van der Waals surface area contributed by atoms with E-state index in [1.807, 2.05) is 55.5 Å². The summed E-state index contributed by atoms with van der Waals surface area (Å²) in [5.74, 6) is 0.210. The van der Waals surface area contributed by atoms with E-state index in [-0.39, 0.29) is 11.6 Å². The first-order valence-electron chi connectivity index (χ1n) is 10.2. The van der Waals surface area contributed by atoms with Crippen molar-refractivity contribution in [3.8, 4) is 22.6 Å². The molecule has 0 saturated carbocycles. The number of rotatable bonds is 4. The van der Waals surface area contributed by atoms with Crippen LogP contribution < -0.4 is 11.0 Å². The molecule has 0 aliphatic carbocycles. The van der Waals surface area contributed by atoms with Gasteiger partial charge in [0.25, 0.3) is 5.91 Å². The Morgan fingerprint density at radius 1 is 0.970 bits per heavy atom. The van der Waals surface area contributed by atoms with Crippen molar-refractivity contribution in [1.29, 1.82) is 0 Å². The molecule has 0 unspecified atom stereocenters. The van der Waals surface area contributed by atoms with Gasteiger partial charge in [-0.3, -0.25) is 9.78 Å². The minimum absolute atomic E-state index is 0.226. The third-order valence-corrected chi connectivity index (χ3v) is 5.88. The second-order valence-corrected chi connectivity index (χ2v) is 8.46. The van der Waals surface area contributed by atoms with Crippen LogP contribution in [0.1, 0.15) is 15.9 Å². The van der Waals surface area contributed by atoms with Gasteiger partial charge in [-0.2, -0.15) is 5.10 Å². The number of pyridine rings is 1. The molecular weight excluding hydrogens is 482 g/mol. The highest BCUT2D eigenvalue weighted by Gasteiger charge is 2.19. The lowest BCUT2D eigenvalue weighted by Gasteiger charge is -2.15. The van der Waals surface area contributed by atoms with E-state index in [0.717, 1.165) is 37.8 Å². The van der Waals surface area contributed by atoms with Crippen LogP contribution in [0.3, 0.4) is 0 Å². The third-order valence-electron chi connectivity index (χ3n) is 5.38. The summed E-state index contributed by atoms with van der Waals surface area (Å²) >= 11 is 3.51. The Morgan fingerprint density at radius 2 is 1.73 bits per heavy atom. The zero-order chi connectivity index (χ0) is 22.9. The van der Waals surface area contributed by atoms with Crippen LogP contribution in [0.5, 0.6) is 0 Å². The number of nitrogens with one attached hydrogen (secondary N) is 3. The molecule has 5 aromatic rings. The SMILES string of the molecule is Cc1c(-c2ccccc2)nc2ccc(Br)cc2c1C(=O)Nc1ccc(-c2n[nH]c(=O)[nH]2)cc1. The molecule has 162 valence electrons. The van der Waals surface area contributed by atoms with Crippen LogP contribution in [0.4, 0.5) is 5.69 Å². The van der Waals surface area contributed by atoms with Crippen LogP contribution >= 0.6 is 15.9 Å². The largest absolute Gasteiger partial charge is 0.340 e. The lowest BCUT2D eigenvalue weighted by Crippen LogP contribution is -2.15. The Kier molecular flexibility index (Phi) is 5.35. The summed E-state index contributed by atoms with van der Waals surface area (Å²) in [6.45, 7) is 1.92. The molecule has 0 atom stereocenters. The molecule has 2 aromatic heterocycles. The first kappa shape index (κ1) is 20.8. The molecule has 33 heavy (non-hydrogen) atoms. The average Bonchev–Trinajstić information content (AvgIpc) is 3.26. The molecule has 0 radical (unpaired) electrons. The van der Waals surface area contributed by atoms with Crippen molar-refractivity contribution in [3.05, 3.63) is 98.9 Å². The summed E-state index contributed by atoms with van der Waals surface area (Å²) < 4.78 is 0.870. The van der Waals surface area contributed by atoms with E-state index in [2.05, 4.69) is 36.4 Å². The summed E-state index contributed by atoms with van der Waals surface area (Å²) in [6, 6.07) is 22.7. The van der Waals surface area contributed by atoms with Gasteiger partial charge in [0.15, 0.2) is 5.82 Å². The van der Waals surface area contributed by atoms with Gasteiger partial charge in [0, 0.05) is 26.7 Å². The van der Waals surface area contributed by atoms with Crippen LogP contribution in [0.15, 0.2) is 82.1 Å². The molecule has 2 heterocycles. The van der Waals surface area contributed by atoms with E-state index < -0.39 is 0 Å². The average molecular weight is 500 g/mol. The highest BCUT2D eigenvalue weighted by Crippen LogP contribution is 2.32. The molecule has 3 N–H and O–H groups in total. The van der Waals surface area contributed by atoms with Gasteiger partial charge >= 0.3 is 5.69 Å². The summed E-state index contributed by atoms with van der Waals surface area (Å²) in [5, 5.41) is 10.0. The monoisotopic (exact) mass is 499 g/mol. The van der Waals surface area contributed by atoms with Crippen molar-refractivity contribution in [3.63, 3.8) is 0 Å². The summed E-state index contributed by atoms with van der Waals surface area (Å²) in [5.41, 5.74) is 4.82. The van der Waals surface area contributed by atoms with Crippen molar-refractivity contribution >= 4 is 38.4 Å². The van der Waals surface area contributed by atoms with E-state index in [4.69, 9.17) is 4.98 Å². The fourth-order valence-corrected chi connectivity index (χ4v) is 4.17. The number of nitrogens with zero attached hydrogens (tertiary/aromatic N) is 2. The Labute approximate surface area is 197 Å². The van der Waals surface area contributed by atoms with Gasteiger partial charge in [0.2, 0.25) is 0 Å². The number of aromatic nitrogens is 4. The molecule has 5 rings (SSSR count). The Hall–Kier alpha value is -4.04. The molecule has 7 nitrogen and oxygen atoms in total. The quantitative estimate of drug-likeness (QED) is 0.312. The van der Waals surface area contributed by atoms with E-state index in [1.54, 1.807) is 24.3 Å². The fourth-order valence-electron chi connectivity index (χ4n) is 3.81. The topological polar surface area (TPSA) is 104 Å². The number of hydrogen-bond acceptors (Lipinski definition) is 4. The Bertz CT molecular complexity index is 1540. The number of H-pyrrole nitrogens is 2. The number of benzene rings is 3. The number of anilines is 1. The third kappa shape index (κ3) is 4.08. The predicted octanol–water partition coefficient (Wildman–Crippen LogP) is 5.30. The summed E-state index contributed by atoms with van der Waals surface area (Å²) in [6.07, 6.45) is 0. The maximum atomic E-state index is 13.5. The van der Waals surface area contributed by atoms with Gasteiger partial charge in [-0.15, -0.1) is 0 Å². The van der Waals surface area contributed by atoms with Crippen molar-refractivity contribution < 1.29 is 4.79 Å². The molecule has 0 aliphatic heterocycles. The molecule has 0 aliphatic rings. The first-order valence-corrected chi connectivity index (χ1v) is 11.0. The molecule has 0 fully saturated rings. The zero-order valence-corrected chi connectivity index (χ0v) is 19.1. The van der Waals surface area contributed by atoms with Gasteiger partial charge in [-0.1, -0.05) is 46.3 Å². The van der Waals surface area contributed by atoms with Crippen molar-refractivity contribution in [2.24, 2.45) is 0 Å². The molecule has 0 bridgehead atoms. The minimum atomic E-state index is -0.372. The lowest BCUT2D eigenvalue weighted by molar-refractivity contribution is 0.102. The highest BCUT2D eigenvalue weighted by atomic mass is 79.9. The van der Waals surface area contributed by atoms with Gasteiger partial charge in [-0.05, 0) is 55.0 Å². The summed E-state index contributed by atoms with van der Waals surface area (Å²) in [7, 11) is 0.